The van der Waals surface area contributed by atoms with Crippen LogP contribution >= 0.6 is 0 Å². The second-order valence-electron chi connectivity index (χ2n) is 4.26. The molecule has 90 valence electrons. The molecule has 2 aromatic carbocycles. The molecule has 0 heterocycles. The molecule has 0 aliphatic heterocycles. The second-order valence-corrected chi connectivity index (χ2v) is 4.26. The van der Waals surface area contributed by atoms with E-state index in [0.717, 1.165) is 17.9 Å². The average Bonchev–Trinajstić information content (AvgIpc) is 2.41. The second kappa shape index (κ2) is 5.24. The highest BCUT2D eigenvalue weighted by molar-refractivity contribution is 5.51. The van der Waals surface area contributed by atoms with E-state index in [1.54, 1.807) is 6.07 Å². The molecular formula is C15H15N3. The van der Waals surface area contributed by atoms with Crippen molar-refractivity contribution in [3.8, 4) is 6.07 Å². The first-order valence-corrected chi connectivity index (χ1v) is 5.75. The monoisotopic (exact) mass is 237 g/mol. The molecule has 0 unspecified atom stereocenters. The summed E-state index contributed by atoms with van der Waals surface area (Å²) in [6, 6.07) is 17.6. The van der Waals surface area contributed by atoms with E-state index in [-0.39, 0.29) is 0 Å². The third-order valence-corrected chi connectivity index (χ3v) is 2.82. The fraction of sp³-hybridized carbons (Fsp3) is 0.133. The molecule has 0 atom stereocenters. The standard InChI is InChI=1S/C15H15N3/c1-18(11-12-5-7-14(17)8-6-12)15-4-2-3-13(9-15)10-16/h2-9H,11,17H2,1H3. The van der Waals surface area contributed by atoms with Gasteiger partial charge >= 0.3 is 0 Å². The molecule has 0 fully saturated rings. The summed E-state index contributed by atoms with van der Waals surface area (Å²) in [6.07, 6.45) is 0. The number of hydrogen-bond acceptors (Lipinski definition) is 3. The summed E-state index contributed by atoms with van der Waals surface area (Å²) < 4.78 is 0. The highest BCUT2D eigenvalue weighted by atomic mass is 15.1. The van der Waals surface area contributed by atoms with Crippen LogP contribution < -0.4 is 10.6 Å². The molecule has 2 N–H and O–H groups in total. The lowest BCUT2D eigenvalue weighted by Gasteiger charge is -2.19. The Kier molecular flexibility index (Phi) is 3.49. The smallest absolute Gasteiger partial charge is 0.0992 e. The van der Waals surface area contributed by atoms with Gasteiger partial charge in [0, 0.05) is 25.0 Å². The van der Waals surface area contributed by atoms with Gasteiger partial charge in [-0.15, -0.1) is 0 Å². The minimum Gasteiger partial charge on any atom is -0.399 e. The number of nitriles is 1. The van der Waals surface area contributed by atoms with Crippen LogP contribution in [0.2, 0.25) is 0 Å². The molecule has 3 heteroatoms. The van der Waals surface area contributed by atoms with Crippen molar-refractivity contribution >= 4 is 11.4 Å². The molecule has 0 radical (unpaired) electrons. The van der Waals surface area contributed by atoms with Crippen molar-refractivity contribution in [3.05, 3.63) is 59.7 Å². The number of nitrogens with zero attached hydrogens (tertiary/aromatic N) is 2. The van der Waals surface area contributed by atoms with E-state index in [0.29, 0.717) is 5.56 Å². The van der Waals surface area contributed by atoms with Gasteiger partial charge in [0.15, 0.2) is 0 Å². The van der Waals surface area contributed by atoms with Crippen LogP contribution in [0.5, 0.6) is 0 Å². The number of hydrogen-bond donors (Lipinski definition) is 1. The predicted octanol–water partition coefficient (Wildman–Crippen LogP) is 2.78. The van der Waals surface area contributed by atoms with Gasteiger partial charge in [0.05, 0.1) is 11.6 Å². The molecular weight excluding hydrogens is 222 g/mol. The van der Waals surface area contributed by atoms with Crippen LogP contribution in [0.1, 0.15) is 11.1 Å². The maximum absolute atomic E-state index is 8.88. The van der Waals surface area contributed by atoms with Crippen molar-refractivity contribution in [1.82, 2.24) is 0 Å². The Morgan fingerprint density at radius 3 is 2.56 bits per heavy atom. The molecule has 0 saturated carbocycles. The van der Waals surface area contributed by atoms with Crippen LogP contribution in [-0.2, 0) is 6.54 Å². The molecule has 3 nitrogen and oxygen atoms in total. The molecule has 0 aliphatic carbocycles. The van der Waals surface area contributed by atoms with Gasteiger partial charge < -0.3 is 10.6 Å². The van der Waals surface area contributed by atoms with E-state index in [1.807, 2.05) is 49.5 Å². The zero-order valence-electron chi connectivity index (χ0n) is 10.3. The van der Waals surface area contributed by atoms with Crippen LogP contribution in [0.4, 0.5) is 11.4 Å². The highest BCUT2D eigenvalue weighted by Crippen LogP contribution is 2.17. The maximum Gasteiger partial charge on any atom is 0.0992 e. The van der Waals surface area contributed by atoms with Crippen molar-refractivity contribution in [1.29, 1.82) is 5.26 Å². The minimum atomic E-state index is 0.677. The van der Waals surface area contributed by atoms with E-state index < -0.39 is 0 Å². The van der Waals surface area contributed by atoms with Gasteiger partial charge in [-0.3, -0.25) is 0 Å². The summed E-state index contributed by atoms with van der Waals surface area (Å²) in [5.74, 6) is 0. The SMILES string of the molecule is CN(Cc1ccc(N)cc1)c1cccc(C#N)c1. The average molecular weight is 237 g/mol. The van der Waals surface area contributed by atoms with Crippen LogP contribution in [0.25, 0.3) is 0 Å². The fourth-order valence-corrected chi connectivity index (χ4v) is 1.80. The Morgan fingerprint density at radius 2 is 1.89 bits per heavy atom. The lowest BCUT2D eigenvalue weighted by Crippen LogP contribution is -2.16. The molecule has 0 bridgehead atoms. The first-order valence-electron chi connectivity index (χ1n) is 5.75. The summed E-state index contributed by atoms with van der Waals surface area (Å²) in [4.78, 5) is 2.10. The summed E-state index contributed by atoms with van der Waals surface area (Å²) in [5.41, 5.74) is 9.33. The third-order valence-electron chi connectivity index (χ3n) is 2.82. The van der Waals surface area contributed by atoms with Gasteiger partial charge in [-0.2, -0.15) is 5.26 Å². The molecule has 0 spiro atoms. The lowest BCUT2D eigenvalue weighted by atomic mass is 10.1. The number of nitrogen functional groups attached to an aromatic ring is 1. The molecule has 2 aromatic rings. The number of anilines is 2. The van der Waals surface area contributed by atoms with Gasteiger partial charge in [-0.25, -0.2) is 0 Å². The van der Waals surface area contributed by atoms with E-state index in [2.05, 4.69) is 11.0 Å². The van der Waals surface area contributed by atoms with Crippen LogP contribution in [0.15, 0.2) is 48.5 Å². The summed E-state index contributed by atoms with van der Waals surface area (Å²) in [7, 11) is 2.01. The molecule has 0 saturated heterocycles. The van der Waals surface area contributed by atoms with Crippen LogP contribution in [0.3, 0.4) is 0 Å². The number of nitrogens with two attached hydrogens (primary N) is 1. The van der Waals surface area contributed by atoms with Crippen molar-refractivity contribution in [2.45, 2.75) is 6.54 Å². The normalized spacial score (nSPS) is 9.78. The van der Waals surface area contributed by atoms with Gasteiger partial charge in [-0.1, -0.05) is 18.2 Å². The van der Waals surface area contributed by atoms with Crippen molar-refractivity contribution in [2.24, 2.45) is 0 Å². The van der Waals surface area contributed by atoms with Crippen molar-refractivity contribution in [2.75, 3.05) is 17.7 Å². The Labute approximate surface area is 107 Å². The Balaban J connectivity index is 2.14. The van der Waals surface area contributed by atoms with Crippen LogP contribution in [-0.4, -0.2) is 7.05 Å². The quantitative estimate of drug-likeness (QED) is 0.835. The zero-order valence-corrected chi connectivity index (χ0v) is 10.3. The Bertz CT molecular complexity index is 567. The molecule has 0 aliphatic rings. The summed E-state index contributed by atoms with van der Waals surface area (Å²) in [5, 5.41) is 8.88. The maximum atomic E-state index is 8.88. The van der Waals surface area contributed by atoms with Crippen molar-refractivity contribution < 1.29 is 0 Å². The van der Waals surface area contributed by atoms with E-state index in [4.69, 9.17) is 11.0 Å². The Morgan fingerprint density at radius 1 is 1.17 bits per heavy atom. The van der Waals surface area contributed by atoms with Crippen molar-refractivity contribution in [3.63, 3.8) is 0 Å². The number of benzene rings is 2. The molecule has 0 amide bonds. The molecule has 18 heavy (non-hydrogen) atoms. The van der Waals surface area contributed by atoms with E-state index in [9.17, 15) is 0 Å². The van der Waals surface area contributed by atoms with Gasteiger partial charge in [-0.05, 0) is 35.9 Å². The lowest BCUT2D eigenvalue weighted by molar-refractivity contribution is 0.923. The highest BCUT2D eigenvalue weighted by Gasteiger charge is 2.03. The topological polar surface area (TPSA) is 53.0 Å². The van der Waals surface area contributed by atoms with Gasteiger partial charge in [0.1, 0.15) is 0 Å². The third kappa shape index (κ3) is 2.80. The zero-order chi connectivity index (χ0) is 13.0. The van der Waals surface area contributed by atoms with Gasteiger partial charge in [0.2, 0.25) is 0 Å². The number of rotatable bonds is 3. The minimum absolute atomic E-state index is 0.677. The van der Waals surface area contributed by atoms with Gasteiger partial charge in [0.25, 0.3) is 0 Å². The van der Waals surface area contributed by atoms with E-state index in [1.165, 1.54) is 5.56 Å². The molecule has 0 aromatic heterocycles. The van der Waals surface area contributed by atoms with Crippen LogP contribution in [0, 0.1) is 11.3 Å². The first-order chi connectivity index (χ1) is 8.69. The van der Waals surface area contributed by atoms with E-state index >= 15 is 0 Å². The fourth-order valence-electron chi connectivity index (χ4n) is 1.80. The Hall–Kier alpha value is -2.47. The predicted molar refractivity (Wildman–Crippen MR) is 74.1 cm³/mol. The molecule has 2 rings (SSSR count). The summed E-state index contributed by atoms with van der Waals surface area (Å²) >= 11 is 0. The first kappa shape index (κ1) is 12.0. The summed E-state index contributed by atoms with van der Waals surface area (Å²) in [6.45, 7) is 0.787. The largest absolute Gasteiger partial charge is 0.399 e.